The lowest BCUT2D eigenvalue weighted by atomic mass is 9.72. The molecule has 1 rings (SSSR count). The van der Waals surface area contributed by atoms with Gasteiger partial charge in [0.05, 0.1) is 6.10 Å². The Hall–Kier alpha value is -3.16. The number of allylic oxidation sites excluding steroid dienone is 23. The lowest BCUT2D eigenvalue weighted by Gasteiger charge is -2.32. The third-order valence-electron chi connectivity index (χ3n) is 7.28. The zero-order valence-corrected chi connectivity index (χ0v) is 27.5. The summed E-state index contributed by atoms with van der Waals surface area (Å²) in [5.74, 6) is 0.231. The van der Waals surface area contributed by atoms with Gasteiger partial charge in [-0.05, 0) is 77.7 Å². The van der Waals surface area contributed by atoms with Crippen LogP contribution in [0.1, 0.15) is 88.5 Å². The SMILES string of the molecule is CC(C=CC=C(C)C=CC=C(C)C=CC(O)C(C)C)=CC=CC=C(C)C=CC=C(C)C=CC1=C(C)CCCC1(C)C. The van der Waals surface area contributed by atoms with E-state index in [-0.39, 0.29) is 11.3 Å². The third kappa shape index (κ3) is 16.0. The summed E-state index contributed by atoms with van der Waals surface area (Å²) in [6.45, 7) is 21.6. The first-order chi connectivity index (χ1) is 19.3. The van der Waals surface area contributed by atoms with E-state index < -0.39 is 6.10 Å². The van der Waals surface area contributed by atoms with Gasteiger partial charge in [-0.15, -0.1) is 0 Å². The first-order valence-electron chi connectivity index (χ1n) is 15.1. The van der Waals surface area contributed by atoms with E-state index in [4.69, 9.17) is 0 Å². The minimum atomic E-state index is -0.400. The summed E-state index contributed by atoms with van der Waals surface area (Å²) in [7, 11) is 0. The molecule has 1 atom stereocenters. The molecule has 0 aliphatic heterocycles. The Balaban J connectivity index is 2.60. The fourth-order valence-corrected chi connectivity index (χ4v) is 4.45. The van der Waals surface area contributed by atoms with E-state index >= 15 is 0 Å². The molecule has 0 saturated heterocycles. The molecular formula is C40H56O. The van der Waals surface area contributed by atoms with Gasteiger partial charge in [0.2, 0.25) is 0 Å². The van der Waals surface area contributed by atoms with E-state index in [9.17, 15) is 5.11 Å². The molecule has 41 heavy (non-hydrogen) atoms. The molecule has 1 aliphatic rings. The van der Waals surface area contributed by atoms with E-state index in [0.717, 1.165) is 5.57 Å². The molecule has 0 aromatic heterocycles. The summed E-state index contributed by atoms with van der Waals surface area (Å²) in [4.78, 5) is 0. The van der Waals surface area contributed by atoms with E-state index in [0.29, 0.717) is 0 Å². The number of hydrogen-bond donors (Lipinski definition) is 1. The van der Waals surface area contributed by atoms with Gasteiger partial charge in [-0.25, -0.2) is 0 Å². The van der Waals surface area contributed by atoms with Gasteiger partial charge >= 0.3 is 0 Å². The summed E-state index contributed by atoms with van der Waals surface area (Å²) in [6, 6.07) is 0. The maximum atomic E-state index is 9.87. The van der Waals surface area contributed by atoms with Gasteiger partial charge in [0, 0.05) is 0 Å². The second-order valence-corrected chi connectivity index (χ2v) is 12.4. The molecule has 0 spiro atoms. The Morgan fingerprint density at radius 3 is 1.51 bits per heavy atom. The zero-order valence-electron chi connectivity index (χ0n) is 27.5. The van der Waals surface area contributed by atoms with Crippen LogP contribution < -0.4 is 0 Å². The average Bonchev–Trinajstić information content (AvgIpc) is 2.89. The van der Waals surface area contributed by atoms with Crippen molar-refractivity contribution in [3.05, 3.63) is 142 Å². The molecular weight excluding hydrogens is 496 g/mol. The highest BCUT2D eigenvalue weighted by Crippen LogP contribution is 2.40. The van der Waals surface area contributed by atoms with Crippen LogP contribution in [0.25, 0.3) is 0 Å². The predicted molar refractivity (Wildman–Crippen MR) is 185 cm³/mol. The normalized spacial score (nSPS) is 19.7. The van der Waals surface area contributed by atoms with Crippen molar-refractivity contribution in [2.45, 2.75) is 94.6 Å². The average molecular weight is 553 g/mol. The van der Waals surface area contributed by atoms with Crippen LogP contribution in [0.3, 0.4) is 0 Å². The maximum Gasteiger partial charge on any atom is 0.0746 e. The first kappa shape index (κ1) is 35.9. The number of hydrogen-bond acceptors (Lipinski definition) is 1. The van der Waals surface area contributed by atoms with Crippen molar-refractivity contribution < 1.29 is 5.11 Å². The highest BCUT2D eigenvalue weighted by Gasteiger charge is 2.26. The van der Waals surface area contributed by atoms with Crippen molar-refractivity contribution in [3.63, 3.8) is 0 Å². The first-order valence-corrected chi connectivity index (χ1v) is 15.1. The molecule has 0 amide bonds. The molecule has 0 saturated carbocycles. The molecule has 222 valence electrons. The Morgan fingerprint density at radius 1 is 0.659 bits per heavy atom. The molecule has 0 fully saturated rings. The minimum absolute atomic E-state index is 0.231. The van der Waals surface area contributed by atoms with Crippen LogP contribution in [-0.4, -0.2) is 11.2 Å². The lowest BCUT2D eigenvalue weighted by Crippen LogP contribution is -2.19. The maximum absolute atomic E-state index is 9.87. The van der Waals surface area contributed by atoms with Crippen molar-refractivity contribution in [1.82, 2.24) is 0 Å². The summed E-state index contributed by atoms with van der Waals surface area (Å²) in [5.41, 5.74) is 9.28. The summed E-state index contributed by atoms with van der Waals surface area (Å²) < 4.78 is 0. The van der Waals surface area contributed by atoms with Crippen molar-refractivity contribution >= 4 is 0 Å². The molecule has 0 bridgehead atoms. The predicted octanol–water partition coefficient (Wildman–Crippen LogP) is 11.6. The van der Waals surface area contributed by atoms with Gasteiger partial charge in [-0.2, -0.15) is 0 Å². The molecule has 1 N–H and O–H groups in total. The molecule has 1 heteroatoms. The Kier molecular flexibility index (Phi) is 16.7. The quantitative estimate of drug-likeness (QED) is 0.225. The highest BCUT2D eigenvalue weighted by atomic mass is 16.3. The van der Waals surface area contributed by atoms with Crippen molar-refractivity contribution in [2.75, 3.05) is 0 Å². The molecule has 1 aliphatic carbocycles. The number of rotatable bonds is 13. The van der Waals surface area contributed by atoms with Crippen LogP contribution in [0.15, 0.2) is 142 Å². The molecule has 0 radical (unpaired) electrons. The minimum Gasteiger partial charge on any atom is -0.389 e. The van der Waals surface area contributed by atoms with Crippen molar-refractivity contribution in [2.24, 2.45) is 11.3 Å². The highest BCUT2D eigenvalue weighted by molar-refractivity contribution is 5.37. The summed E-state index contributed by atoms with van der Waals surface area (Å²) in [5, 5.41) is 9.87. The molecule has 0 heterocycles. The van der Waals surface area contributed by atoms with Gasteiger partial charge in [-0.3, -0.25) is 0 Å². The fraction of sp³-hybridized carbons (Fsp3) is 0.400. The van der Waals surface area contributed by atoms with Crippen LogP contribution in [-0.2, 0) is 0 Å². The third-order valence-corrected chi connectivity index (χ3v) is 7.28. The smallest absolute Gasteiger partial charge is 0.0746 e. The standard InChI is InChI=1S/C40H56O/c1-31(2)39(41)29-27-36(7)24-15-22-34(5)21-13-19-32(3)17-11-12-18-33(4)20-14-23-35(6)26-28-38-37(8)25-16-30-40(38,9)10/h11-15,17-24,26-29,31,39,41H,16,25,30H2,1-10H3. The largest absolute Gasteiger partial charge is 0.389 e. The van der Waals surface area contributed by atoms with Crippen molar-refractivity contribution in [3.8, 4) is 0 Å². The zero-order chi connectivity index (χ0) is 30.8. The molecule has 1 unspecified atom stereocenters. The van der Waals surface area contributed by atoms with E-state index in [1.54, 1.807) is 0 Å². The van der Waals surface area contributed by atoms with Crippen LogP contribution in [0.5, 0.6) is 0 Å². The van der Waals surface area contributed by atoms with Crippen LogP contribution in [0, 0.1) is 11.3 Å². The van der Waals surface area contributed by atoms with Crippen LogP contribution >= 0.6 is 0 Å². The lowest BCUT2D eigenvalue weighted by molar-refractivity contribution is 0.172. The van der Waals surface area contributed by atoms with Gasteiger partial charge in [0.1, 0.15) is 0 Å². The molecule has 0 aromatic rings. The van der Waals surface area contributed by atoms with Gasteiger partial charge in [0.25, 0.3) is 0 Å². The second kappa shape index (κ2) is 19.1. The summed E-state index contributed by atoms with van der Waals surface area (Å²) >= 11 is 0. The molecule has 1 nitrogen and oxygen atoms in total. The Labute approximate surface area is 252 Å². The van der Waals surface area contributed by atoms with E-state index in [1.807, 2.05) is 39.0 Å². The van der Waals surface area contributed by atoms with E-state index in [1.165, 1.54) is 52.7 Å². The summed E-state index contributed by atoms with van der Waals surface area (Å²) in [6.07, 6.45) is 39.1. The number of aliphatic hydroxyl groups is 1. The Bertz CT molecular complexity index is 1200. The van der Waals surface area contributed by atoms with Crippen LogP contribution in [0.4, 0.5) is 0 Å². The fourth-order valence-electron chi connectivity index (χ4n) is 4.45. The molecule has 0 aromatic carbocycles. The second-order valence-electron chi connectivity index (χ2n) is 12.4. The Morgan fingerprint density at radius 2 is 1.07 bits per heavy atom. The van der Waals surface area contributed by atoms with Crippen LogP contribution in [0.2, 0.25) is 0 Å². The van der Waals surface area contributed by atoms with E-state index in [2.05, 4.69) is 134 Å². The monoisotopic (exact) mass is 552 g/mol. The van der Waals surface area contributed by atoms with Gasteiger partial charge in [0.15, 0.2) is 0 Å². The number of aliphatic hydroxyl groups excluding tert-OH is 1. The topological polar surface area (TPSA) is 20.2 Å². The van der Waals surface area contributed by atoms with Crippen molar-refractivity contribution in [1.29, 1.82) is 0 Å². The van der Waals surface area contributed by atoms with Gasteiger partial charge < -0.3 is 5.11 Å². The van der Waals surface area contributed by atoms with Gasteiger partial charge in [-0.1, -0.05) is 164 Å².